The molecule has 1 heterocycles. The Hall–Kier alpha value is -3.98. The normalized spacial score (nSPS) is 18.7. The van der Waals surface area contributed by atoms with Crippen molar-refractivity contribution in [2.45, 2.75) is 50.2 Å². The van der Waals surface area contributed by atoms with Crippen LogP contribution in [0.5, 0.6) is 0 Å². The molecule has 1 aliphatic rings. The molecule has 5 aromatic carbocycles. The fraction of sp³-hybridized carbons (Fsp3) is 0.268. The number of nitrogens with one attached hydrogen (secondary N) is 1. The van der Waals surface area contributed by atoms with Crippen LogP contribution in [0.2, 0.25) is 0 Å². The fourth-order valence-electron chi connectivity index (χ4n) is 7.70. The van der Waals surface area contributed by atoms with Crippen molar-refractivity contribution in [1.82, 2.24) is 5.32 Å². The van der Waals surface area contributed by atoms with E-state index in [1.165, 1.54) is 27.8 Å². The van der Waals surface area contributed by atoms with Crippen LogP contribution < -0.4 is 5.32 Å². The Labute approximate surface area is 258 Å². The number of hydrogen-bond donors (Lipinski definition) is 1. The first-order chi connectivity index (χ1) is 21.2. The predicted molar refractivity (Wildman–Crippen MR) is 180 cm³/mol. The molecule has 1 saturated heterocycles. The standard InChI is InChI=1S/C41H45N2/c1-6-16-35(17-7-1)26-27-41(31-37-20-10-3-11-21-37,32-38-22-12-4-13-23-38)43(34-39-24-14-5-15-25-39)29-28-42-33-40(43)30-36-18-8-2-9-19-36/h1-25,40,42H,26-34H2/q+1. The van der Waals surface area contributed by atoms with Crippen molar-refractivity contribution in [2.75, 3.05) is 19.6 Å². The van der Waals surface area contributed by atoms with Gasteiger partial charge < -0.3 is 9.80 Å². The summed E-state index contributed by atoms with van der Waals surface area (Å²) in [6.07, 6.45) is 5.36. The highest BCUT2D eigenvalue weighted by atomic mass is 15.5. The molecule has 43 heavy (non-hydrogen) atoms. The maximum absolute atomic E-state index is 3.85. The molecule has 0 aliphatic carbocycles. The summed E-state index contributed by atoms with van der Waals surface area (Å²) in [5.41, 5.74) is 7.16. The van der Waals surface area contributed by atoms with Crippen LogP contribution in [0.15, 0.2) is 152 Å². The quantitative estimate of drug-likeness (QED) is 0.151. The Bertz CT molecular complexity index is 1460. The smallest absolute Gasteiger partial charge is 0.108 e. The summed E-state index contributed by atoms with van der Waals surface area (Å²) >= 11 is 0. The zero-order valence-corrected chi connectivity index (χ0v) is 25.3. The lowest BCUT2D eigenvalue weighted by Gasteiger charge is -2.60. The van der Waals surface area contributed by atoms with Crippen molar-refractivity contribution in [3.05, 3.63) is 179 Å². The second kappa shape index (κ2) is 14.0. The van der Waals surface area contributed by atoms with E-state index in [1.54, 1.807) is 0 Å². The third-order valence-corrected chi connectivity index (χ3v) is 9.81. The minimum Gasteiger partial charge on any atom is -0.310 e. The van der Waals surface area contributed by atoms with Crippen LogP contribution in [0.3, 0.4) is 0 Å². The summed E-state index contributed by atoms with van der Waals surface area (Å²) in [6, 6.07) is 56.8. The lowest BCUT2D eigenvalue weighted by molar-refractivity contribution is -1.01. The second-order valence-electron chi connectivity index (χ2n) is 12.5. The first-order valence-corrected chi connectivity index (χ1v) is 16.0. The van der Waals surface area contributed by atoms with E-state index in [0.29, 0.717) is 6.04 Å². The number of rotatable bonds is 12. The molecule has 0 bridgehead atoms. The van der Waals surface area contributed by atoms with E-state index in [1.807, 2.05) is 0 Å². The van der Waals surface area contributed by atoms with Gasteiger partial charge in [-0.1, -0.05) is 152 Å². The molecule has 0 aromatic heterocycles. The molecule has 218 valence electrons. The molecule has 0 spiro atoms. The molecule has 2 heteroatoms. The van der Waals surface area contributed by atoms with Gasteiger partial charge in [-0.15, -0.1) is 0 Å². The average molecular weight is 566 g/mol. The summed E-state index contributed by atoms with van der Waals surface area (Å²) in [7, 11) is 0. The van der Waals surface area contributed by atoms with Gasteiger partial charge in [0.2, 0.25) is 0 Å². The number of piperazine rings is 1. The highest BCUT2D eigenvalue weighted by Gasteiger charge is 2.55. The minimum atomic E-state index is -0.0179. The van der Waals surface area contributed by atoms with E-state index in [2.05, 4.69) is 157 Å². The number of nitrogens with zero attached hydrogens (tertiary/aromatic N) is 1. The van der Waals surface area contributed by atoms with Gasteiger partial charge in [-0.3, -0.25) is 0 Å². The topological polar surface area (TPSA) is 12.0 Å². The molecular weight excluding hydrogens is 520 g/mol. The van der Waals surface area contributed by atoms with Crippen molar-refractivity contribution in [3.8, 4) is 0 Å². The molecule has 1 aliphatic heterocycles. The SMILES string of the molecule is c1ccc(CCC(Cc2ccccc2)(Cc2ccccc2)[N+]2(Cc3ccccc3)CCNCC2Cc2ccccc2)cc1. The number of quaternary nitrogens is 1. The number of aryl methyl sites for hydroxylation is 1. The maximum Gasteiger partial charge on any atom is 0.108 e. The molecule has 0 saturated carbocycles. The molecule has 1 N–H and O–H groups in total. The predicted octanol–water partition coefficient (Wildman–Crippen LogP) is 8.07. The Morgan fingerprint density at radius 3 is 1.49 bits per heavy atom. The number of hydrogen-bond acceptors (Lipinski definition) is 1. The van der Waals surface area contributed by atoms with E-state index in [-0.39, 0.29) is 5.54 Å². The first-order valence-electron chi connectivity index (χ1n) is 16.0. The molecule has 2 nitrogen and oxygen atoms in total. The molecule has 0 amide bonds. The van der Waals surface area contributed by atoms with Crippen molar-refractivity contribution in [1.29, 1.82) is 0 Å². The van der Waals surface area contributed by atoms with Crippen molar-refractivity contribution in [2.24, 2.45) is 0 Å². The van der Waals surface area contributed by atoms with Crippen molar-refractivity contribution >= 4 is 0 Å². The van der Waals surface area contributed by atoms with Crippen molar-refractivity contribution in [3.63, 3.8) is 0 Å². The summed E-state index contributed by atoms with van der Waals surface area (Å²) in [5.74, 6) is 0. The largest absolute Gasteiger partial charge is 0.310 e. The van der Waals surface area contributed by atoms with Crippen molar-refractivity contribution < 1.29 is 4.48 Å². The maximum atomic E-state index is 3.85. The second-order valence-corrected chi connectivity index (χ2v) is 12.5. The lowest BCUT2D eigenvalue weighted by Crippen LogP contribution is -2.76. The molecule has 0 radical (unpaired) electrons. The van der Waals surface area contributed by atoms with Gasteiger partial charge in [-0.2, -0.15) is 0 Å². The Kier molecular flexibility index (Phi) is 9.47. The summed E-state index contributed by atoms with van der Waals surface area (Å²) in [5, 5.41) is 3.85. The Morgan fingerprint density at radius 1 is 0.535 bits per heavy atom. The molecule has 1 fully saturated rings. The average Bonchev–Trinajstić information content (AvgIpc) is 3.07. The van der Waals surface area contributed by atoms with E-state index in [0.717, 1.165) is 62.8 Å². The Balaban J connectivity index is 1.54. The van der Waals surface area contributed by atoms with E-state index in [9.17, 15) is 0 Å². The summed E-state index contributed by atoms with van der Waals surface area (Å²) in [4.78, 5) is 0. The van der Waals surface area contributed by atoms with Crippen LogP contribution in [0.1, 0.15) is 34.2 Å². The van der Waals surface area contributed by atoms with Gasteiger partial charge in [0.05, 0.1) is 6.54 Å². The van der Waals surface area contributed by atoms with Crippen LogP contribution in [-0.2, 0) is 32.2 Å². The highest BCUT2D eigenvalue weighted by molar-refractivity contribution is 5.25. The van der Waals surface area contributed by atoms with Gasteiger partial charge in [0.15, 0.2) is 0 Å². The lowest BCUT2D eigenvalue weighted by atomic mass is 9.74. The summed E-state index contributed by atoms with van der Waals surface area (Å²) < 4.78 is 1.08. The molecule has 6 rings (SSSR count). The zero-order chi connectivity index (χ0) is 29.2. The minimum absolute atomic E-state index is 0.0179. The van der Waals surface area contributed by atoms with Crippen LogP contribution in [0, 0.1) is 0 Å². The third-order valence-electron chi connectivity index (χ3n) is 9.81. The monoisotopic (exact) mass is 565 g/mol. The van der Waals surface area contributed by atoms with Gasteiger partial charge in [0, 0.05) is 44.3 Å². The third kappa shape index (κ3) is 6.99. The molecule has 2 atom stereocenters. The van der Waals surface area contributed by atoms with Crippen LogP contribution in [0.4, 0.5) is 0 Å². The highest BCUT2D eigenvalue weighted by Crippen LogP contribution is 2.43. The molecule has 5 aromatic rings. The first kappa shape index (κ1) is 29.1. The van der Waals surface area contributed by atoms with Gasteiger partial charge in [-0.05, 0) is 28.7 Å². The van der Waals surface area contributed by atoms with Gasteiger partial charge >= 0.3 is 0 Å². The van der Waals surface area contributed by atoms with Gasteiger partial charge in [-0.25, -0.2) is 0 Å². The van der Waals surface area contributed by atoms with Gasteiger partial charge in [0.1, 0.15) is 18.1 Å². The Morgan fingerprint density at radius 2 is 0.977 bits per heavy atom. The van der Waals surface area contributed by atoms with Crippen LogP contribution in [-0.4, -0.2) is 35.7 Å². The van der Waals surface area contributed by atoms with Crippen LogP contribution >= 0.6 is 0 Å². The fourth-order valence-corrected chi connectivity index (χ4v) is 7.70. The van der Waals surface area contributed by atoms with E-state index < -0.39 is 0 Å². The van der Waals surface area contributed by atoms with Crippen LogP contribution in [0.25, 0.3) is 0 Å². The molecule has 2 unspecified atom stereocenters. The van der Waals surface area contributed by atoms with E-state index in [4.69, 9.17) is 0 Å². The van der Waals surface area contributed by atoms with E-state index >= 15 is 0 Å². The van der Waals surface area contributed by atoms with Gasteiger partial charge in [0.25, 0.3) is 0 Å². The summed E-state index contributed by atoms with van der Waals surface area (Å²) in [6.45, 7) is 4.21. The number of benzene rings is 5. The zero-order valence-electron chi connectivity index (χ0n) is 25.3. The molecular formula is C41H45N2+.